The van der Waals surface area contributed by atoms with Crippen molar-refractivity contribution in [2.45, 2.75) is 32.0 Å². The highest BCUT2D eigenvalue weighted by atomic mass is 16.4. The molecule has 0 aliphatic carbocycles. The van der Waals surface area contributed by atoms with Gasteiger partial charge in [0.2, 0.25) is 0 Å². The first-order chi connectivity index (χ1) is 6.04. The van der Waals surface area contributed by atoms with E-state index in [1.807, 2.05) is 0 Å². The Morgan fingerprint density at radius 1 is 1.69 bits per heavy atom. The van der Waals surface area contributed by atoms with Gasteiger partial charge in [-0.25, -0.2) is 0 Å². The lowest BCUT2D eigenvalue weighted by molar-refractivity contribution is -0.145. The Hall–Kier alpha value is -0.870. The summed E-state index contributed by atoms with van der Waals surface area (Å²) >= 11 is 0. The van der Waals surface area contributed by atoms with Crippen molar-refractivity contribution in [3.63, 3.8) is 0 Å². The minimum absolute atomic E-state index is 0.549. The predicted molar refractivity (Wildman–Crippen MR) is 48.2 cm³/mol. The molecule has 2 N–H and O–H groups in total. The molecule has 0 bridgehead atoms. The second-order valence-corrected chi connectivity index (χ2v) is 3.45. The summed E-state index contributed by atoms with van der Waals surface area (Å²) in [6.45, 7) is 5.94. The summed E-state index contributed by atoms with van der Waals surface area (Å²) in [4.78, 5) is 12.3. The van der Waals surface area contributed by atoms with E-state index in [2.05, 4.69) is 6.58 Å². The van der Waals surface area contributed by atoms with Gasteiger partial charge in [-0.3, -0.25) is 9.69 Å². The molecule has 0 amide bonds. The number of aliphatic hydroxyl groups is 1. The lowest BCUT2D eigenvalue weighted by Crippen LogP contribution is -2.43. The molecule has 1 heterocycles. The van der Waals surface area contributed by atoms with E-state index in [-0.39, 0.29) is 0 Å². The Morgan fingerprint density at radius 2 is 2.31 bits per heavy atom. The summed E-state index contributed by atoms with van der Waals surface area (Å²) in [6, 6.07) is -0.549. The summed E-state index contributed by atoms with van der Waals surface area (Å²) in [7, 11) is 0. The van der Waals surface area contributed by atoms with E-state index in [0.29, 0.717) is 18.5 Å². The van der Waals surface area contributed by atoms with E-state index in [1.54, 1.807) is 11.8 Å². The van der Waals surface area contributed by atoms with Gasteiger partial charge in [0, 0.05) is 6.54 Å². The zero-order chi connectivity index (χ0) is 10.0. The maximum Gasteiger partial charge on any atom is 0.321 e. The van der Waals surface area contributed by atoms with Crippen LogP contribution in [0.4, 0.5) is 0 Å². The number of nitrogens with zero attached hydrogens (tertiary/aromatic N) is 1. The van der Waals surface area contributed by atoms with Gasteiger partial charge in [-0.2, -0.15) is 0 Å². The summed E-state index contributed by atoms with van der Waals surface area (Å²) in [5, 5.41) is 18.4. The summed E-state index contributed by atoms with van der Waals surface area (Å²) < 4.78 is 0. The smallest absolute Gasteiger partial charge is 0.321 e. The van der Waals surface area contributed by atoms with Crippen LogP contribution in [0.25, 0.3) is 0 Å². The highest BCUT2D eigenvalue weighted by molar-refractivity contribution is 5.73. The summed E-state index contributed by atoms with van der Waals surface area (Å²) in [5.74, 6) is -0.863. The number of carboxylic acid groups (broad SMARTS) is 1. The minimum Gasteiger partial charge on any atom is -0.480 e. The summed E-state index contributed by atoms with van der Waals surface area (Å²) in [5.41, 5.74) is 0.591. The molecular weight excluding hydrogens is 170 g/mol. The molecule has 0 aromatic heterocycles. The molecule has 1 aliphatic heterocycles. The van der Waals surface area contributed by atoms with Gasteiger partial charge in [0.15, 0.2) is 0 Å². The van der Waals surface area contributed by atoms with E-state index < -0.39 is 18.2 Å². The maximum absolute atomic E-state index is 10.8. The average Bonchev–Trinajstić information content (AvgIpc) is 2.50. The molecule has 2 atom stereocenters. The van der Waals surface area contributed by atoms with Crippen LogP contribution >= 0.6 is 0 Å². The molecule has 0 saturated carbocycles. The number of aliphatic hydroxyl groups excluding tert-OH is 1. The molecular formula is C9H15NO3. The zero-order valence-electron chi connectivity index (χ0n) is 7.73. The number of carboxylic acids is 1. The number of aliphatic carboxylic acids is 1. The molecule has 13 heavy (non-hydrogen) atoms. The van der Waals surface area contributed by atoms with E-state index in [4.69, 9.17) is 5.11 Å². The van der Waals surface area contributed by atoms with Crippen LogP contribution in [0.2, 0.25) is 0 Å². The third-order valence-electron chi connectivity index (χ3n) is 2.33. The second kappa shape index (κ2) is 3.89. The molecule has 0 spiro atoms. The number of likely N-dealkylation sites (tertiary alicyclic amines) is 1. The molecule has 1 rings (SSSR count). The number of hydrogen-bond acceptors (Lipinski definition) is 3. The normalized spacial score (nSPS) is 25.8. The highest BCUT2D eigenvalue weighted by Gasteiger charge is 2.34. The van der Waals surface area contributed by atoms with Gasteiger partial charge < -0.3 is 10.2 Å². The fourth-order valence-corrected chi connectivity index (χ4v) is 1.63. The third kappa shape index (κ3) is 2.08. The molecule has 1 saturated heterocycles. The summed E-state index contributed by atoms with van der Waals surface area (Å²) in [6.07, 6.45) is 0.615. The first-order valence-electron chi connectivity index (χ1n) is 4.36. The molecule has 74 valence electrons. The van der Waals surface area contributed by atoms with Crippen LogP contribution in [0.15, 0.2) is 12.2 Å². The minimum atomic E-state index is -0.863. The van der Waals surface area contributed by atoms with Crippen molar-refractivity contribution in [1.29, 1.82) is 0 Å². The zero-order valence-corrected chi connectivity index (χ0v) is 7.73. The van der Waals surface area contributed by atoms with Gasteiger partial charge in [0.25, 0.3) is 0 Å². The Balaban J connectivity index is 2.68. The largest absolute Gasteiger partial charge is 0.480 e. The highest BCUT2D eigenvalue weighted by Crippen LogP contribution is 2.21. The first-order valence-corrected chi connectivity index (χ1v) is 4.36. The van der Waals surface area contributed by atoms with Crippen molar-refractivity contribution in [2.75, 3.05) is 6.54 Å². The van der Waals surface area contributed by atoms with Crippen molar-refractivity contribution in [3.8, 4) is 0 Å². The molecule has 1 unspecified atom stereocenters. The average molecular weight is 185 g/mol. The van der Waals surface area contributed by atoms with Crippen molar-refractivity contribution in [3.05, 3.63) is 12.2 Å². The SMILES string of the molecule is C=C(C)C(O)N1CCC[C@@H]1C(=O)O. The predicted octanol–water partition coefficient (Wildman–Crippen LogP) is 0.430. The van der Waals surface area contributed by atoms with Gasteiger partial charge in [-0.05, 0) is 25.3 Å². The quantitative estimate of drug-likeness (QED) is 0.626. The van der Waals surface area contributed by atoms with Gasteiger partial charge in [-0.15, -0.1) is 0 Å². The van der Waals surface area contributed by atoms with Crippen LogP contribution in [0, 0.1) is 0 Å². The number of carbonyl (C=O) groups is 1. The Bertz CT molecular complexity index is 227. The van der Waals surface area contributed by atoms with Crippen LogP contribution in [0.3, 0.4) is 0 Å². The van der Waals surface area contributed by atoms with E-state index in [9.17, 15) is 9.90 Å². The Morgan fingerprint density at radius 3 is 2.77 bits per heavy atom. The van der Waals surface area contributed by atoms with E-state index in [0.717, 1.165) is 6.42 Å². The van der Waals surface area contributed by atoms with Crippen molar-refractivity contribution in [1.82, 2.24) is 4.90 Å². The Labute approximate surface area is 77.5 Å². The molecule has 0 aromatic carbocycles. The molecule has 0 aromatic rings. The second-order valence-electron chi connectivity index (χ2n) is 3.45. The Kier molecular flexibility index (Phi) is 3.06. The molecule has 0 radical (unpaired) electrons. The van der Waals surface area contributed by atoms with Gasteiger partial charge >= 0.3 is 5.97 Å². The van der Waals surface area contributed by atoms with Crippen LogP contribution in [-0.2, 0) is 4.79 Å². The van der Waals surface area contributed by atoms with Crippen LogP contribution < -0.4 is 0 Å². The fraction of sp³-hybridized carbons (Fsp3) is 0.667. The number of hydrogen-bond donors (Lipinski definition) is 2. The van der Waals surface area contributed by atoms with Crippen molar-refractivity contribution < 1.29 is 15.0 Å². The third-order valence-corrected chi connectivity index (χ3v) is 2.33. The van der Waals surface area contributed by atoms with Crippen LogP contribution in [0.1, 0.15) is 19.8 Å². The maximum atomic E-state index is 10.8. The van der Waals surface area contributed by atoms with Gasteiger partial charge in [0.1, 0.15) is 12.3 Å². The van der Waals surface area contributed by atoms with Crippen LogP contribution in [0.5, 0.6) is 0 Å². The van der Waals surface area contributed by atoms with E-state index >= 15 is 0 Å². The van der Waals surface area contributed by atoms with Gasteiger partial charge in [-0.1, -0.05) is 6.58 Å². The molecule has 4 heteroatoms. The van der Waals surface area contributed by atoms with Gasteiger partial charge in [0.05, 0.1) is 0 Å². The molecule has 4 nitrogen and oxygen atoms in total. The fourth-order valence-electron chi connectivity index (χ4n) is 1.63. The van der Waals surface area contributed by atoms with Crippen molar-refractivity contribution >= 4 is 5.97 Å². The monoisotopic (exact) mass is 185 g/mol. The van der Waals surface area contributed by atoms with Crippen LogP contribution in [-0.4, -0.2) is 39.9 Å². The first kappa shape index (κ1) is 10.2. The topological polar surface area (TPSA) is 60.8 Å². The lowest BCUT2D eigenvalue weighted by atomic mass is 10.2. The standard InChI is InChI=1S/C9H15NO3/c1-6(2)8(11)10-5-3-4-7(10)9(12)13/h7-8,11H,1,3-5H2,2H3,(H,12,13)/t7-,8?/m1/s1. The molecule has 1 fully saturated rings. The molecule has 1 aliphatic rings. The van der Waals surface area contributed by atoms with E-state index in [1.165, 1.54) is 0 Å². The number of rotatable bonds is 3. The lowest BCUT2D eigenvalue weighted by Gasteiger charge is -2.26. The van der Waals surface area contributed by atoms with Crippen molar-refractivity contribution in [2.24, 2.45) is 0 Å².